The minimum atomic E-state index is -0.229. The number of nitrogens with one attached hydrogen (secondary N) is 1. The Morgan fingerprint density at radius 2 is 2.22 bits per heavy atom. The van der Waals surface area contributed by atoms with Gasteiger partial charge < -0.3 is 14.8 Å². The third-order valence-corrected chi connectivity index (χ3v) is 2.71. The third kappa shape index (κ3) is 4.55. The van der Waals surface area contributed by atoms with Gasteiger partial charge in [-0.1, -0.05) is 23.7 Å². The molecule has 4 nitrogen and oxygen atoms in total. The topological polar surface area (TPSA) is 47.6 Å². The number of carbonyl (C=O) groups is 1. The average Bonchev–Trinajstić information content (AvgIpc) is 2.37. The molecule has 0 aliphatic rings. The summed E-state index contributed by atoms with van der Waals surface area (Å²) in [5, 5.41) is 3.64. The van der Waals surface area contributed by atoms with Crippen LogP contribution in [0.5, 0.6) is 5.75 Å². The van der Waals surface area contributed by atoms with Crippen LogP contribution in [0.25, 0.3) is 0 Å². The van der Waals surface area contributed by atoms with Crippen molar-refractivity contribution in [2.24, 2.45) is 0 Å². The minimum absolute atomic E-state index is 0.229. The van der Waals surface area contributed by atoms with Crippen LogP contribution in [0.1, 0.15) is 18.4 Å². The molecule has 1 aromatic rings. The molecule has 1 N–H and O–H groups in total. The maximum Gasteiger partial charge on any atom is 0.305 e. The van der Waals surface area contributed by atoms with Gasteiger partial charge in [0.15, 0.2) is 0 Å². The van der Waals surface area contributed by atoms with Crippen LogP contribution in [0, 0.1) is 0 Å². The molecular weight excluding hydrogens is 254 g/mol. The summed E-state index contributed by atoms with van der Waals surface area (Å²) in [6.45, 7) is 1.13. The number of ether oxygens (including phenoxy) is 2. The highest BCUT2D eigenvalue weighted by atomic mass is 35.5. The van der Waals surface area contributed by atoms with Gasteiger partial charge in [-0.2, -0.15) is 0 Å². The van der Waals surface area contributed by atoms with Crippen LogP contribution in [0.15, 0.2) is 18.2 Å². The molecule has 0 saturated carbocycles. The van der Waals surface area contributed by atoms with Crippen molar-refractivity contribution in [1.82, 2.24) is 5.32 Å². The van der Waals surface area contributed by atoms with Crippen LogP contribution in [0.2, 0.25) is 5.02 Å². The molecule has 18 heavy (non-hydrogen) atoms. The lowest BCUT2D eigenvalue weighted by atomic mass is 10.2. The van der Waals surface area contributed by atoms with E-state index < -0.39 is 0 Å². The number of hydrogen-bond acceptors (Lipinski definition) is 4. The van der Waals surface area contributed by atoms with Crippen LogP contribution >= 0.6 is 11.6 Å². The van der Waals surface area contributed by atoms with E-state index in [0.717, 1.165) is 5.56 Å². The predicted octanol–water partition coefficient (Wildman–Crippen LogP) is 2.39. The Balaban J connectivity index is 2.52. The van der Waals surface area contributed by atoms with E-state index in [9.17, 15) is 4.79 Å². The second kappa shape index (κ2) is 7.95. The summed E-state index contributed by atoms with van der Waals surface area (Å²) in [5.74, 6) is 0.451. The highest BCUT2D eigenvalue weighted by Crippen LogP contribution is 2.28. The van der Waals surface area contributed by atoms with Crippen molar-refractivity contribution in [3.8, 4) is 5.75 Å². The predicted molar refractivity (Wildman–Crippen MR) is 71.0 cm³/mol. The van der Waals surface area contributed by atoms with Crippen LogP contribution in [0.4, 0.5) is 0 Å². The van der Waals surface area contributed by atoms with E-state index in [-0.39, 0.29) is 5.97 Å². The summed E-state index contributed by atoms with van der Waals surface area (Å²) >= 11 is 6.09. The number of hydrogen-bond donors (Lipinski definition) is 1. The molecule has 0 radical (unpaired) electrons. The fourth-order valence-electron chi connectivity index (χ4n) is 1.54. The lowest BCUT2D eigenvalue weighted by Crippen LogP contribution is -2.09. The molecular formula is C13H18ClNO3. The van der Waals surface area contributed by atoms with E-state index in [1.807, 2.05) is 19.2 Å². The highest BCUT2D eigenvalue weighted by molar-refractivity contribution is 6.32. The zero-order chi connectivity index (χ0) is 13.4. The monoisotopic (exact) mass is 271 g/mol. The van der Waals surface area contributed by atoms with Crippen molar-refractivity contribution in [1.29, 1.82) is 0 Å². The molecule has 0 aliphatic heterocycles. The zero-order valence-corrected chi connectivity index (χ0v) is 11.4. The van der Waals surface area contributed by atoms with Gasteiger partial charge in [-0.15, -0.1) is 0 Å². The number of carbonyl (C=O) groups excluding carboxylic acids is 1. The first-order chi connectivity index (χ1) is 8.69. The first-order valence-corrected chi connectivity index (χ1v) is 6.18. The molecule has 0 amide bonds. The summed E-state index contributed by atoms with van der Waals surface area (Å²) in [4.78, 5) is 10.9. The smallest absolute Gasteiger partial charge is 0.305 e. The Morgan fingerprint density at radius 1 is 1.44 bits per heavy atom. The van der Waals surface area contributed by atoms with Crippen LogP contribution in [0.3, 0.4) is 0 Å². The van der Waals surface area contributed by atoms with Gasteiger partial charge in [-0.25, -0.2) is 0 Å². The molecule has 100 valence electrons. The van der Waals surface area contributed by atoms with Crippen molar-refractivity contribution in [2.45, 2.75) is 19.4 Å². The number of rotatable bonds is 7. The quantitative estimate of drug-likeness (QED) is 0.611. The Hall–Kier alpha value is -1.26. The molecule has 1 aromatic carbocycles. The molecule has 0 spiro atoms. The normalized spacial score (nSPS) is 10.2. The van der Waals surface area contributed by atoms with Gasteiger partial charge in [0.25, 0.3) is 0 Å². The maximum atomic E-state index is 10.9. The largest absolute Gasteiger partial charge is 0.492 e. The molecule has 0 unspecified atom stereocenters. The summed E-state index contributed by atoms with van der Waals surface area (Å²) in [7, 11) is 3.24. The molecule has 5 heteroatoms. The van der Waals surface area contributed by atoms with E-state index in [4.69, 9.17) is 16.3 Å². The number of benzene rings is 1. The van der Waals surface area contributed by atoms with Gasteiger partial charge in [-0.05, 0) is 19.5 Å². The molecule has 0 bridgehead atoms. The summed E-state index contributed by atoms with van der Waals surface area (Å²) in [6, 6.07) is 5.63. The van der Waals surface area contributed by atoms with Gasteiger partial charge in [0, 0.05) is 18.5 Å². The van der Waals surface area contributed by atoms with E-state index in [1.54, 1.807) is 6.07 Å². The number of methoxy groups -OCH3 is 1. The standard InChI is InChI=1S/C13H18ClNO3/c1-15-9-10-5-3-6-11(14)13(10)18-8-4-7-12(16)17-2/h3,5-6,15H,4,7-9H2,1-2H3. The summed E-state index contributed by atoms with van der Waals surface area (Å²) in [5.41, 5.74) is 1.00. The van der Waals surface area contributed by atoms with Gasteiger partial charge in [0.1, 0.15) is 5.75 Å². The van der Waals surface area contributed by atoms with Crippen LogP contribution < -0.4 is 10.1 Å². The van der Waals surface area contributed by atoms with Crippen molar-refractivity contribution >= 4 is 17.6 Å². The van der Waals surface area contributed by atoms with Crippen molar-refractivity contribution in [2.75, 3.05) is 20.8 Å². The summed E-state index contributed by atoms with van der Waals surface area (Å²) in [6.07, 6.45) is 0.958. The Morgan fingerprint density at radius 3 is 2.89 bits per heavy atom. The van der Waals surface area contributed by atoms with Gasteiger partial charge in [0.05, 0.1) is 18.7 Å². The van der Waals surface area contributed by atoms with Gasteiger partial charge >= 0.3 is 5.97 Å². The number of para-hydroxylation sites is 1. The molecule has 0 saturated heterocycles. The van der Waals surface area contributed by atoms with E-state index >= 15 is 0 Å². The van der Waals surface area contributed by atoms with Crippen LogP contribution in [-0.4, -0.2) is 26.7 Å². The lowest BCUT2D eigenvalue weighted by molar-refractivity contribution is -0.140. The van der Waals surface area contributed by atoms with Gasteiger partial charge in [-0.3, -0.25) is 4.79 Å². The maximum absolute atomic E-state index is 10.9. The molecule has 0 heterocycles. The van der Waals surface area contributed by atoms with Crippen LogP contribution in [-0.2, 0) is 16.1 Å². The lowest BCUT2D eigenvalue weighted by Gasteiger charge is -2.12. The zero-order valence-electron chi connectivity index (χ0n) is 10.7. The Kier molecular flexibility index (Phi) is 6.54. The second-order valence-corrected chi connectivity index (χ2v) is 4.19. The van der Waals surface area contributed by atoms with E-state index in [0.29, 0.717) is 36.8 Å². The van der Waals surface area contributed by atoms with Crippen molar-refractivity contribution in [3.63, 3.8) is 0 Å². The fourth-order valence-corrected chi connectivity index (χ4v) is 1.79. The SMILES string of the molecule is CNCc1cccc(Cl)c1OCCCC(=O)OC. The third-order valence-electron chi connectivity index (χ3n) is 2.42. The molecule has 0 aromatic heterocycles. The second-order valence-electron chi connectivity index (χ2n) is 3.79. The van der Waals surface area contributed by atoms with E-state index in [2.05, 4.69) is 10.1 Å². The van der Waals surface area contributed by atoms with Crippen molar-refractivity contribution < 1.29 is 14.3 Å². The summed E-state index contributed by atoms with van der Waals surface area (Å²) < 4.78 is 10.2. The fraction of sp³-hybridized carbons (Fsp3) is 0.462. The molecule has 1 rings (SSSR count). The molecule has 0 atom stereocenters. The highest BCUT2D eigenvalue weighted by Gasteiger charge is 2.08. The Labute approximate surface area is 112 Å². The minimum Gasteiger partial charge on any atom is -0.492 e. The first-order valence-electron chi connectivity index (χ1n) is 5.80. The van der Waals surface area contributed by atoms with E-state index in [1.165, 1.54) is 7.11 Å². The average molecular weight is 272 g/mol. The number of esters is 1. The molecule has 0 fully saturated rings. The van der Waals surface area contributed by atoms with Crippen molar-refractivity contribution in [3.05, 3.63) is 28.8 Å². The first kappa shape index (κ1) is 14.8. The molecule has 0 aliphatic carbocycles. The Bertz CT molecular complexity index is 396. The number of halogens is 1. The van der Waals surface area contributed by atoms with Gasteiger partial charge in [0.2, 0.25) is 0 Å².